The summed E-state index contributed by atoms with van der Waals surface area (Å²) in [6.45, 7) is 5.84. The van der Waals surface area contributed by atoms with Gasteiger partial charge in [-0.2, -0.15) is 0 Å². The van der Waals surface area contributed by atoms with Crippen LogP contribution in [0.1, 0.15) is 24.5 Å². The summed E-state index contributed by atoms with van der Waals surface area (Å²) in [7, 11) is 0. The molecule has 0 radical (unpaired) electrons. The van der Waals surface area contributed by atoms with Gasteiger partial charge in [0.2, 0.25) is 0 Å². The van der Waals surface area contributed by atoms with Gasteiger partial charge in [0.1, 0.15) is 0 Å². The lowest BCUT2D eigenvalue weighted by molar-refractivity contribution is 0.980. The molecule has 0 spiro atoms. The molecule has 0 unspecified atom stereocenters. The fraction of sp³-hybridized carbons (Fsp3) is 0.333. The number of halogens is 1. The van der Waals surface area contributed by atoms with Crippen LogP contribution in [0.3, 0.4) is 0 Å². The van der Waals surface area contributed by atoms with Crippen molar-refractivity contribution in [2.75, 3.05) is 0 Å². The molecular formula is C12H15Cl. The molecule has 0 aromatic heterocycles. The van der Waals surface area contributed by atoms with Crippen molar-refractivity contribution in [2.24, 2.45) is 0 Å². The zero-order chi connectivity index (χ0) is 9.68. The zero-order valence-electron chi connectivity index (χ0n) is 8.02. The minimum absolute atomic E-state index is 0.738. The SMILES string of the molecule is C=C(Cl)CCc1cccc(CC)c1. The summed E-state index contributed by atoms with van der Waals surface area (Å²) in [5.74, 6) is 0. The molecule has 1 rings (SSSR count). The van der Waals surface area contributed by atoms with Gasteiger partial charge >= 0.3 is 0 Å². The first-order valence-electron chi connectivity index (χ1n) is 4.63. The fourth-order valence-corrected chi connectivity index (χ4v) is 1.38. The standard InChI is InChI=1S/C12H15Cl/c1-3-11-5-4-6-12(9-11)8-7-10(2)13/h4-6,9H,2-3,7-8H2,1H3. The lowest BCUT2D eigenvalue weighted by Crippen LogP contribution is -1.87. The van der Waals surface area contributed by atoms with Gasteiger partial charge in [0, 0.05) is 5.03 Å². The number of hydrogen-bond donors (Lipinski definition) is 0. The van der Waals surface area contributed by atoms with Crippen LogP contribution in [0.4, 0.5) is 0 Å². The van der Waals surface area contributed by atoms with Gasteiger partial charge in [-0.15, -0.1) is 0 Å². The number of benzene rings is 1. The average Bonchev–Trinajstić information content (AvgIpc) is 2.15. The van der Waals surface area contributed by atoms with Crippen molar-refractivity contribution in [1.29, 1.82) is 0 Å². The molecule has 0 aliphatic heterocycles. The zero-order valence-corrected chi connectivity index (χ0v) is 8.77. The molecule has 0 aliphatic rings. The molecule has 1 heteroatoms. The first-order valence-corrected chi connectivity index (χ1v) is 5.01. The second-order valence-corrected chi connectivity index (χ2v) is 3.73. The largest absolute Gasteiger partial charge is 0.0898 e. The maximum absolute atomic E-state index is 5.71. The van der Waals surface area contributed by atoms with Crippen LogP contribution < -0.4 is 0 Å². The number of hydrogen-bond acceptors (Lipinski definition) is 0. The molecule has 13 heavy (non-hydrogen) atoms. The molecular weight excluding hydrogens is 180 g/mol. The average molecular weight is 195 g/mol. The van der Waals surface area contributed by atoms with Gasteiger partial charge in [-0.05, 0) is 30.4 Å². The molecule has 0 fully saturated rings. The first kappa shape index (κ1) is 10.3. The highest BCUT2D eigenvalue weighted by Gasteiger charge is 1.95. The molecule has 0 saturated carbocycles. The van der Waals surface area contributed by atoms with Gasteiger partial charge < -0.3 is 0 Å². The van der Waals surface area contributed by atoms with Crippen molar-refractivity contribution in [2.45, 2.75) is 26.2 Å². The third-order valence-electron chi connectivity index (χ3n) is 2.08. The van der Waals surface area contributed by atoms with Crippen LogP contribution in [0.15, 0.2) is 35.9 Å². The van der Waals surface area contributed by atoms with E-state index in [0.29, 0.717) is 0 Å². The Morgan fingerprint density at radius 2 is 2.08 bits per heavy atom. The predicted molar refractivity (Wildman–Crippen MR) is 59.1 cm³/mol. The normalized spacial score (nSPS) is 10.0. The van der Waals surface area contributed by atoms with Gasteiger partial charge in [-0.25, -0.2) is 0 Å². The second kappa shape index (κ2) is 5.08. The molecule has 0 atom stereocenters. The smallest absolute Gasteiger partial charge is 0.0112 e. The number of aryl methyl sites for hydroxylation is 2. The molecule has 0 bridgehead atoms. The summed E-state index contributed by atoms with van der Waals surface area (Å²) < 4.78 is 0. The van der Waals surface area contributed by atoms with Crippen molar-refractivity contribution < 1.29 is 0 Å². The molecule has 0 aliphatic carbocycles. The minimum atomic E-state index is 0.738. The van der Waals surface area contributed by atoms with E-state index < -0.39 is 0 Å². The Labute approximate surface area is 85.2 Å². The maximum atomic E-state index is 5.71. The summed E-state index contributed by atoms with van der Waals surface area (Å²) in [6, 6.07) is 8.63. The van der Waals surface area contributed by atoms with E-state index in [1.165, 1.54) is 11.1 Å². The van der Waals surface area contributed by atoms with Crippen LogP contribution in [0.5, 0.6) is 0 Å². The van der Waals surface area contributed by atoms with Crippen molar-refractivity contribution in [1.82, 2.24) is 0 Å². The van der Waals surface area contributed by atoms with E-state index in [4.69, 9.17) is 11.6 Å². The Balaban J connectivity index is 2.61. The summed E-state index contributed by atoms with van der Waals surface area (Å²) in [4.78, 5) is 0. The maximum Gasteiger partial charge on any atom is 0.0112 e. The van der Waals surface area contributed by atoms with Crippen molar-refractivity contribution in [3.8, 4) is 0 Å². The van der Waals surface area contributed by atoms with Crippen LogP contribution in [-0.4, -0.2) is 0 Å². The van der Waals surface area contributed by atoms with Crippen molar-refractivity contribution >= 4 is 11.6 Å². The summed E-state index contributed by atoms with van der Waals surface area (Å²) in [5, 5.41) is 0.738. The molecule has 1 aromatic rings. The van der Waals surface area contributed by atoms with E-state index in [1.54, 1.807) is 0 Å². The van der Waals surface area contributed by atoms with Gasteiger partial charge in [0.15, 0.2) is 0 Å². The molecule has 0 saturated heterocycles. The summed E-state index contributed by atoms with van der Waals surface area (Å²) >= 11 is 5.71. The quantitative estimate of drug-likeness (QED) is 0.681. The van der Waals surface area contributed by atoms with Crippen LogP contribution >= 0.6 is 11.6 Å². The highest BCUT2D eigenvalue weighted by Crippen LogP contribution is 2.12. The lowest BCUT2D eigenvalue weighted by Gasteiger charge is -2.02. The topological polar surface area (TPSA) is 0 Å². The number of rotatable bonds is 4. The van der Waals surface area contributed by atoms with Crippen molar-refractivity contribution in [3.63, 3.8) is 0 Å². The minimum Gasteiger partial charge on any atom is -0.0898 e. The summed E-state index contributed by atoms with van der Waals surface area (Å²) in [5.41, 5.74) is 2.74. The fourth-order valence-electron chi connectivity index (χ4n) is 1.29. The monoisotopic (exact) mass is 194 g/mol. The first-order chi connectivity index (χ1) is 6.22. The Morgan fingerprint density at radius 1 is 1.38 bits per heavy atom. The Morgan fingerprint density at radius 3 is 2.69 bits per heavy atom. The van der Waals surface area contributed by atoms with Crippen LogP contribution in [0, 0.1) is 0 Å². The van der Waals surface area contributed by atoms with Crippen LogP contribution in [0.25, 0.3) is 0 Å². The predicted octanol–water partition coefficient (Wildman–Crippen LogP) is 3.93. The van der Waals surface area contributed by atoms with Gasteiger partial charge in [-0.1, -0.05) is 49.4 Å². The van der Waals surface area contributed by atoms with Crippen LogP contribution in [0.2, 0.25) is 0 Å². The van der Waals surface area contributed by atoms with Crippen LogP contribution in [-0.2, 0) is 12.8 Å². The lowest BCUT2D eigenvalue weighted by atomic mass is 10.1. The number of allylic oxidation sites excluding steroid dienone is 1. The van der Waals surface area contributed by atoms with E-state index in [9.17, 15) is 0 Å². The molecule has 0 heterocycles. The molecule has 1 aromatic carbocycles. The highest BCUT2D eigenvalue weighted by atomic mass is 35.5. The molecule has 0 amide bonds. The Hall–Kier alpha value is -0.750. The third-order valence-corrected chi connectivity index (χ3v) is 2.27. The van der Waals surface area contributed by atoms with E-state index >= 15 is 0 Å². The van der Waals surface area contributed by atoms with Gasteiger partial charge in [0.05, 0.1) is 0 Å². The Bertz CT molecular complexity index is 289. The Kier molecular flexibility index (Phi) is 4.04. The molecule has 0 nitrogen and oxygen atoms in total. The highest BCUT2D eigenvalue weighted by molar-refractivity contribution is 6.29. The van der Waals surface area contributed by atoms with E-state index in [1.807, 2.05) is 0 Å². The second-order valence-electron chi connectivity index (χ2n) is 3.19. The van der Waals surface area contributed by atoms with E-state index in [-0.39, 0.29) is 0 Å². The van der Waals surface area contributed by atoms with E-state index in [0.717, 1.165) is 24.3 Å². The van der Waals surface area contributed by atoms with E-state index in [2.05, 4.69) is 37.8 Å². The van der Waals surface area contributed by atoms with Gasteiger partial charge in [0.25, 0.3) is 0 Å². The molecule has 70 valence electrons. The summed E-state index contributed by atoms with van der Waals surface area (Å²) in [6.07, 6.45) is 2.96. The van der Waals surface area contributed by atoms with Crippen molar-refractivity contribution in [3.05, 3.63) is 47.0 Å². The third kappa shape index (κ3) is 3.65. The van der Waals surface area contributed by atoms with Gasteiger partial charge in [-0.3, -0.25) is 0 Å². The molecule has 0 N–H and O–H groups in total.